The third kappa shape index (κ3) is 5.05. The smallest absolute Gasteiger partial charge is 0.171 e. The summed E-state index contributed by atoms with van der Waals surface area (Å²) in [4.78, 5) is 0.576. The molecule has 5 heteroatoms. The second-order valence-corrected chi connectivity index (χ2v) is 6.33. The molecule has 138 valence electrons. The largest absolute Gasteiger partial charge is 0.493 e. The number of rotatable bonds is 7. The van der Waals surface area contributed by atoms with Crippen molar-refractivity contribution in [3.8, 4) is 11.5 Å². The maximum Gasteiger partial charge on any atom is 0.171 e. The lowest BCUT2D eigenvalue weighted by atomic mass is 10.1. The highest BCUT2D eigenvalue weighted by Gasteiger charge is 2.14. The Balaban J connectivity index is 1.75. The van der Waals surface area contributed by atoms with Gasteiger partial charge in [-0.25, -0.2) is 4.39 Å². The van der Waals surface area contributed by atoms with Crippen molar-refractivity contribution >= 4 is 17.2 Å². The molecule has 0 saturated heterocycles. The zero-order valence-electron chi connectivity index (χ0n) is 14.9. The molecule has 0 aliphatic carbocycles. The topological polar surface area (TPSA) is 30.5 Å². The number of benzene rings is 3. The van der Waals surface area contributed by atoms with E-state index in [0.29, 0.717) is 23.0 Å². The summed E-state index contributed by atoms with van der Waals surface area (Å²) in [6, 6.07) is 21.8. The average Bonchev–Trinajstić information content (AvgIpc) is 2.72. The Labute approximate surface area is 163 Å². The van der Waals surface area contributed by atoms with Gasteiger partial charge in [-0.3, -0.25) is 0 Å². The molecule has 0 fully saturated rings. The highest BCUT2D eigenvalue weighted by molar-refractivity contribution is 7.80. The number of methoxy groups -OCH3 is 1. The minimum atomic E-state index is -0.275. The first-order valence-electron chi connectivity index (χ1n) is 8.54. The Morgan fingerprint density at radius 1 is 0.926 bits per heavy atom. The highest BCUT2D eigenvalue weighted by Crippen LogP contribution is 2.32. The van der Waals surface area contributed by atoms with E-state index in [1.54, 1.807) is 19.2 Å². The van der Waals surface area contributed by atoms with Gasteiger partial charge in [0.2, 0.25) is 0 Å². The van der Waals surface area contributed by atoms with E-state index in [9.17, 15) is 4.39 Å². The van der Waals surface area contributed by atoms with Crippen LogP contribution in [0.1, 0.15) is 16.7 Å². The number of para-hydroxylation sites is 1. The normalized spacial score (nSPS) is 10.3. The van der Waals surface area contributed by atoms with Crippen LogP contribution in [0.4, 0.5) is 4.39 Å². The predicted molar refractivity (Wildman–Crippen MR) is 109 cm³/mol. The summed E-state index contributed by atoms with van der Waals surface area (Å²) in [5, 5.41) is 3.26. The summed E-state index contributed by atoms with van der Waals surface area (Å²) in [5.74, 6) is 0.886. The van der Waals surface area contributed by atoms with Crippen LogP contribution in [0.5, 0.6) is 11.5 Å². The van der Waals surface area contributed by atoms with Gasteiger partial charge in [0.15, 0.2) is 11.5 Å². The van der Waals surface area contributed by atoms with E-state index in [-0.39, 0.29) is 12.4 Å². The maximum atomic E-state index is 13.1. The van der Waals surface area contributed by atoms with Crippen LogP contribution >= 0.6 is 12.2 Å². The Kier molecular flexibility index (Phi) is 6.39. The lowest BCUT2D eigenvalue weighted by molar-refractivity contribution is 0.284. The molecule has 0 amide bonds. The van der Waals surface area contributed by atoms with Gasteiger partial charge in [0.05, 0.1) is 12.7 Å². The van der Waals surface area contributed by atoms with Crippen molar-refractivity contribution in [3.05, 3.63) is 95.3 Å². The highest BCUT2D eigenvalue weighted by atomic mass is 32.1. The van der Waals surface area contributed by atoms with Crippen molar-refractivity contribution in [1.82, 2.24) is 5.32 Å². The zero-order chi connectivity index (χ0) is 19.1. The third-order valence-corrected chi connectivity index (χ3v) is 4.40. The predicted octanol–water partition coefficient (Wildman–Crippen LogP) is 4.88. The Morgan fingerprint density at radius 2 is 1.67 bits per heavy atom. The number of hydrogen-bond donors (Lipinski definition) is 1. The minimum Gasteiger partial charge on any atom is -0.493 e. The van der Waals surface area contributed by atoms with Crippen LogP contribution in [0.25, 0.3) is 0 Å². The molecule has 1 N–H and O–H groups in total. The second kappa shape index (κ2) is 9.14. The van der Waals surface area contributed by atoms with Crippen LogP contribution in [0, 0.1) is 5.82 Å². The van der Waals surface area contributed by atoms with Crippen LogP contribution in [-0.4, -0.2) is 12.1 Å². The van der Waals surface area contributed by atoms with Gasteiger partial charge in [0.1, 0.15) is 17.4 Å². The quantitative estimate of drug-likeness (QED) is 0.591. The van der Waals surface area contributed by atoms with E-state index in [4.69, 9.17) is 21.7 Å². The van der Waals surface area contributed by atoms with Crippen LogP contribution in [0.2, 0.25) is 0 Å². The van der Waals surface area contributed by atoms with Gasteiger partial charge >= 0.3 is 0 Å². The fourth-order valence-electron chi connectivity index (χ4n) is 2.61. The molecular formula is C22H20FNO2S. The van der Waals surface area contributed by atoms with Gasteiger partial charge in [0, 0.05) is 6.54 Å². The lowest BCUT2D eigenvalue weighted by Gasteiger charge is -2.16. The van der Waals surface area contributed by atoms with Crippen molar-refractivity contribution in [2.45, 2.75) is 13.2 Å². The monoisotopic (exact) mass is 381 g/mol. The molecular weight excluding hydrogens is 361 g/mol. The van der Waals surface area contributed by atoms with E-state index < -0.39 is 0 Å². The van der Waals surface area contributed by atoms with Crippen molar-refractivity contribution < 1.29 is 13.9 Å². The fraction of sp³-hybridized carbons (Fsp3) is 0.136. The first-order valence-corrected chi connectivity index (χ1v) is 8.94. The molecule has 27 heavy (non-hydrogen) atoms. The van der Waals surface area contributed by atoms with E-state index in [0.717, 1.165) is 16.7 Å². The van der Waals surface area contributed by atoms with E-state index in [2.05, 4.69) is 5.32 Å². The number of hydrogen-bond acceptors (Lipinski definition) is 3. The van der Waals surface area contributed by atoms with Gasteiger partial charge in [-0.15, -0.1) is 0 Å². The molecule has 3 aromatic carbocycles. The summed E-state index contributed by atoms with van der Waals surface area (Å²) in [6.45, 7) is 0.906. The summed E-state index contributed by atoms with van der Waals surface area (Å²) < 4.78 is 24.5. The van der Waals surface area contributed by atoms with Crippen LogP contribution in [0.3, 0.4) is 0 Å². The molecule has 0 heterocycles. The Bertz CT molecular complexity index is 898. The summed E-state index contributed by atoms with van der Waals surface area (Å²) in [6.07, 6.45) is 0. The summed E-state index contributed by atoms with van der Waals surface area (Å²) in [5.41, 5.74) is 2.75. The number of ether oxygens (including phenoxy) is 2. The maximum absolute atomic E-state index is 13.1. The molecule has 0 aliphatic heterocycles. The standard InChI is InChI=1S/C22H20FNO2S/c1-25-20-9-5-8-19(22(27)24-14-16-6-3-2-4-7-16)21(20)26-15-17-10-12-18(23)13-11-17/h2-13H,14-15H2,1H3,(H,24,27). The van der Waals surface area contributed by atoms with Gasteiger partial charge in [-0.05, 0) is 35.4 Å². The van der Waals surface area contributed by atoms with Crippen molar-refractivity contribution in [3.63, 3.8) is 0 Å². The zero-order valence-corrected chi connectivity index (χ0v) is 15.8. The fourth-order valence-corrected chi connectivity index (χ4v) is 2.85. The molecule has 3 nitrogen and oxygen atoms in total. The molecule has 0 aromatic heterocycles. The van der Waals surface area contributed by atoms with Gasteiger partial charge in [-0.1, -0.05) is 60.7 Å². The minimum absolute atomic E-state index is 0.275. The van der Waals surface area contributed by atoms with Crippen LogP contribution in [-0.2, 0) is 13.2 Å². The summed E-state index contributed by atoms with van der Waals surface area (Å²) in [7, 11) is 1.59. The summed E-state index contributed by atoms with van der Waals surface area (Å²) >= 11 is 5.57. The Hall–Kier alpha value is -2.92. The van der Waals surface area contributed by atoms with Crippen LogP contribution < -0.4 is 14.8 Å². The third-order valence-electron chi connectivity index (χ3n) is 4.04. The lowest BCUT2D eigenvalue weighted by Crippen LogP contribution is -2.22. The van der Waals surface area contributed by atoms with Gasteiger partial charge in [0.25, 0.3) is 0 Å². The van der Waals surface area contributed by atoms with Crippen LogP contribution in [0.15, 0.2) is 72.8 Å². The van der Waals surface area contributed by atoms with Crippen molar-refractivity contribution in [2.75, 3.05) is 7.11 Å². The van der Waals surface area contributed by atoms with Gasteiger partial charge in [-0.2, -0.15) is 0 Å². The molecule has 0 unspecified atom stereocenters. The van der Waals surface area contributed by atoms with Crippen molar-refractivity contribution in [1.29, 1.82) is 0 Å². The SMILES string of the molecule is COc1cccc(C(=S)NCc2ccccc2)c1OCc1ccc(F)cc1. The van der Waals surface area contributed by atoms with Gasteiger partial charge < -0.3 is 14.8 Å². The molecule has 3 rings (SSSR count). The first kappa shape index (κ1) is 18.9. The number of thiocarbonyl (C=S) groups is 1. The molecule has 3 aromatic rings. The molecule has 0 radical (unpaired) electrons. The van der Waals surface area contributed by atoms with E-state index >= 15 is 0 Å². The molecule has 0 bridgehead atoms. The molecule has 0 spiro atoms. The molecule has 0 saturated carbocycles. The first-order chi connectivity index (χ1) is 13.2. The number of nitrogens with one attached hydrogen (secondary N) is 1. The van der Waals surface area contributed by atoms with E-state index in [1.165, 1.54) is 12.1 Å². The number of halogens is 1. The molecule has 0 aliphatic rings. The second-order valence-electron chi connectivity index (χ2n) is 5.92. The average molecular weight is 381 g/mol. The Morgan fingerprint density at radius 3 is 2.37 bits per heavy atom. The molecule has 0 atom stereocenters. The van der Waals surface area contributed by atoms with E-state index in [1.807, 2.05) is 48.5 Å². The van der Waals surface area contributed by atoms with Crippen molar-refractivity contribution in [2.24, 2.45) is 0 Å².